The molecule has 0 saturated heterocycles. The third-order valence-electron chi connectivity index (χ3n) is 3.69. The number of aromatic nitrogens is 1. The molecular weight excluding hydrogens is 244 g/mol. The molecule has 1 aliphatic rings. The molecule has 5 nitrogen and oxygen atoms in total. The van der Waals surface area contributed by atoms with E-state index in [0.29, 0.717) is 5.69 Å². The average molecular weight is 262 g/mol. The van der Waals surface area contributed by atoms with Crippen molar-refractivity contribution in [2.75, 3.05) is 5.32 Å². The summed E-state index contributed by atoms with van der Waals surface area (Å²) in [4.78, 5) is 26.9. The predicted molar refractivity (Wildman–Crippen MR) is 70.6 cm³/mol. The fourth-order valence-corrected chi connectivity index (χ4v) is 2.84. The van der Waals surface area contributed by atoms with Crippen LogP contribution >= 0.6 is 0 Å². The van der Waals surface area contributed by atoms with Gasteiger partial charge in [0.25, 0.3) is 0 Å². The first-order chi connectivity index (χ1) is 9.10. The zero-order valence-corrected chi connectivity index (χ0v) is 10.8. The van der Waals surface area contributed by atoms with Crippen molar-refractivity contribution in [3.63, 3.8) is 0 Å². The molecule has 19 heavy (non-hydrogen) atoms. The second-order valence-corrected chi connectivity index (χ2v) is 5.24. The molecule has 2 rings (SSSR count). The number of carboxylic acid groups (broad SMARTS) is 1. The Bertz CT molecular complexity index is 453. The highest BCUT2D eigenvalue weighted by Crippen LogP contribution is 2.44. The summed E-state index contributed by atoms with van der Waals surface area (Å²) in [6, 6.07) is 3.44. The van der Waals surface area contributed by atoms with Gasteiger partial charge in [0.2, 0.25) is 5.91 Å². The minimum atomic E-state index is -0.821. The monoisotopic (exact) mass is 262 g/mol. The van der Waals surface area contributed by atoms with Crippen LogP contribution < -0.4 is 5.32 Å². The molecule has 102 valence electrons. The summed E-state index contributed by atoms with van der Waals surface area (Å²) in [5.74, 6) is -0.937. The lowest BCUT2D eigenvalue weighted by atomic mass is 9.79. The van der Waals surface area contributed by atoms with E-state index in [2.05, 4.69) is 10.3 Å². The number of nitrogens with zero attached hydrogens (tertiary/aromatic N) is 1. The van der Waals surface area contributed by atoms with Crippen molar-refractivity contribution in [3.05, 3.63) is 24.5 Å². The Labute approximate surface area is 112 Å². The van der Waals surface area contributed by atoms with E-state index in [1.165, 1.54) is 0 Å². The molecule has 0 aliphatic heterocycles. The van der Waals surface area contributed by atoms with Crippen molar-refractivity contribution in [2.45, 2.75) is 38.5 Å². The first-order valence-electron chi connectivity index (χ1n) is 6.51. The molecule has 1 aromatic heterocycles. The minimum Gasteiger partial charge on any atom is -0.481 e. The normalized spacial score (nSPS) is 17.1. The second kappa shape index (κ2) is 5.82. The quantitative estimate of drug-likeness (QED) is 0.854. The van der Waals surface area contributed by atoms with Crippen LogP contribution in [-0.4, -0.2) is 22.0 Å². The Kier molecular flexibility index (Phi) is 4.14. The smallest absolute Gasteiger partial charge is 0.303 e. The van der Waals surface area contributed by atoms with Gasteiger partial charge in [0, 0.05) is 24.5 Å². The van der Waals surface area contributed by atoms with E-state index in [0.717, 1.165) is 25.7 Å². The van der Waals surface area contributed by atoms with Gasteiger partial charge in [-0.3, -0.25) is 14.6 Å². The molecule has 1 saturated carbocycles. The maximum atomic E-state index is 12.0. The number of carboxylic acids is 1. The number of rotatable bonds is 5. The van der Waals surface area contributed by atoms with Crippen LogP contribution in [0, 0.1) is 5.41 Å². The number of carbonyl (C=O) groups excluding carboxylic acids is 1. The average Bonchev–Trinajstić information content (AvgIpc) is 2.77. The van der Waals surface area contributed by atoms with E-state index >= 15 is 0 Å². The van der Waals surface area contributed by atoms with Gasteiger partial charge in [-0.15, -0.1) is 0 Å². The fourth-order valence-electron chi connectivity index (χ4n) is 2.84. The van der Waals surface area contributed by atoms with Gasteiger partial charge >= 0.3 is 5.97 Å². The zero-order valence-electron chi connectivity index (χ0n) is 10.8. The third-order valence-corrected chi connectivity index (χ3v) is 3.69. The first kappa shape index (κ1) is 13.5. The number of hydrogen-bond acceptors (Lipinski definition) is 3. The Hall–Kier alpha value is -1.91. The SMILES string of the molecule is O=C(O)CC1(CC(=O)Nc2ccncc2)CCCC1. The lowest BCUT2D eigenvalue weighted by Crippen LogP contribution is -2.27. The van der Waals surface area contributed by atoms with Crippen LogP contribution in [0.3, 0.4) is 0 Å². The van der Waals surface area contributed by atoms with Gasteiger partial charge in [-0.1, -0.05) is 12.8 Å². The van der Waals surface area contributed by atoms with Crippen molar-refractivity contribution in [1.82, 2.24) is 4.98 Å². The van der Waals surface area contributed by atoms with E-state index in [9.17, 15) is 9.59 Å². The van der Waals surface area contributed by atoms with Gasteiger partial charge in [0.05, 0.1) is 6.42 Å². The molecular formula is C14H18N2O3. The van der Waals surface area contributed by atoms with Crippen LogP contribution in [0.1, 0.15) is 38.5 Å². The summed E-state index contributed by atoms with van der Waals surface area (Å²) in [5, 5.41) is 11.8. The molecule has 0 aromatic carbocycles. The number of amides is 1. The molecule has 1 aliphatic carbocycles. The van der Waals surface area contributed by atoms with E-state index < -0.39 is 5.97 Å². The molecule has 1 amide bonds. The Morgan fingerprint density at radius 3 is 2.42 bits per heavy atom. The van der Waals surface area contributed by atoms with Crippen molar-refractivity contribution in [2.24, 2.45) is 5.41 Å². The lowest BCUT2D eigenvalue weighted by Gasteiger charge is -2.26. The number of nitrogens with one attached hydrogen (secondary N) is 1. The highest BCUT2D eigenvalue weighted by molar-refractivity contribution is 5.91. The standard InChI is InChI=1S/C14H18N2O3/c17-12(16-11-3-7-15-8-4-11)9-14(10-13(18)19)5-1-2-6-14/h3-4,7-8H,1-2,5-6,9-10H2,(H,18,19)(H,15,16,17). The van der Waals surface area contributed by atoms with Gasteiger partial charge in [-0.05, 0) is 30.4 Å². The number of carbonyl (C=O) groups is 2. The zero-order chi connectivity index (χ0) is 13.7. The Morgan fingerprint density at radius 2 is 1.84 bits per heavy atom. The summed E-state index contributed by atoms with van der Waals surface area (Å²) in [6.45, 7) is 0. The highest BCUT2D eigenvalue weighted by atomic mass is 16.4. The summed E-state index contributed by atoms with van der Waals surface area (Å²) >= 11 is 0. The number of hydrogen-bond donors (Lipinski definition) is 2. The van der Waals surface area contributed by atoms with E-state index in [1.807, 2.05) is 0 Å². The molecule has 0 atom stereocenters. The summed E-state index contributed by atoms with van der Waals surface area (Å²) in [5.41, 5.74) is 0.339. The van der Waals surface area contributed by atoms with Crippen LogP contribution in [0.25, 0.3) is 0 Å². The molecule has 1 fully saturated rings. The van der Waals surface area contributed by atoms with E-state index in [1.54, 1.807) is 24.5 Å². The molecule has 5 heteroatoms. The topological polar surface area (TPSA) is 79.3 Å². The van der Waals surface area contributed by atoms with Crippen molar-refractivity contribution in [1.29, 1.82) is 0 Å². The van der Waals surface area contributed by atoms with Crippen LogP contribution in [0.4, 0.5) is 5.69 Å². The highest BCUT2D eigenvalue weighted by Gasteiger charge is 2.37. The summed E-state index contributed by atoms with van der Waals surface area (Å²) in [6.07, 6.45) is 7.24. The fraction of sp³-hybridized carbons (Fsp3) is 0.500. The van der Waals surface area contributed by atoms with Crippen LogP contribution in [-0.2, 0) is 9.59 Å². The molecule has 1 heterocycles. The molecule has 0 radical (unpaired) electrons. The maximum absolute atomic E-state index is 12.0. The Morgan fingerprint density at radius 1 is 1.21 bits per heavy atom. The van der Waals surface area contributed by atoms with Crippen molar-refractivity contribution in [3.8, 4) is 0 Å². The van der Waals surface area contributed by atoms with Gasteiger partial charge in [-0.2, -0.15) is 0 Å². The first-order valence-corrected chi connectivity index (χ1v) is 6.51. The third kappa shape index (κ3) is 3.77. The van der Waals surface area contributed by atoms with Crippen LogP contribution in [0.15, 0.2) is 24.5 Å². The van der Waals surface area contributed by atoms with E-state index in [4.69, 9.17) is 5.11 Å². The second-order valence-electron chi connectivity index (χ2n) is 5.24. The number of pyridine rings is 1. The van der Waals surface area contributed by atoms with Crippen LogP contribution in [0.2, 0.25) is 0 Å². The molecule has 0 spiro atoms. The largest absolute Gasteiger partial charge is 0.481 e. The van der Waals surface area contributed by atoms with Crippen molar-refractivity contribution < 1.29 is 14.7 Å². The number of anilines is 1. The summed E-state index contributed by atoms with van der Waals surface area (Å²) in [7, 11) is 0. The van der Waals surface area contributed by atoms with Gasteiger partial charge in [0.15, 0.2) is 0 Å². The summed E-state index contributed by atoms with van der Waals surface area (Å²) < 4.78 is 0. The predicted octanol–water partition coefficient (Wildman–Crippen LogP) is 2.45. The van der Waals surface area contributed by atoms with Crippen LogP contribution in [0.5, 0.6) is 0 Å². The van der Waals surface area contributed by atoms with Gasteiger partial charge < -0.3 is 10.4 Å². The maximum Gasteiger partial charge on any atom is 0.303 e. The van der Waals surface area contributed by atoms with E-state index in [-0.39, 0.29) is 24.2 Å². The molecule has 0 unspecified atom stereocenters. The number of aliphatic carboxylic acids is 1. The molecule has 1 aromatic rings. The molecule has 0 bridgehead atoms. The molecule has 2 N–H and O–H groups in total. The van der Waals surface area contributed by atoms with Gasteiger partial charge in [-0.25, -0.2) is 0 Å². The van der Waals surface area contributed by atoms with Crippen molar-refractivity contribution >= 4 is 17.6 Å². The van der Waals surface area contributed by atoms with Gasteiger partial charge in [0.1, 0.15) is 0 Å². The minimum absolute atomic E-state index is 0.0801. The Balaban J connectivity index is 1.97. The lowest BCUT2D eigenvalue weighted by molar-refractivity contribution is -0.140.